The second-order valence-electron chi connectivity index (χ2n) is 3.87. The monoisotopic (exact) mass is 325 g/mol. The fourth-order valence-electron chi connectivity index (χ4n) is 1.47. The Kier molecular flexibility index (Phi) is 6.11. The molecule has 1 aromatic rings. The molecule has 0 spiro atoms. The van der Waals surface area contributed by atoms with E-state index in [4.69, 9.17) is 0 Å². The summed E-state index contributed by atoms with van der Waals surface area (Å²) in [6, 6.07) is 7.76. The summed E-state index contributed by atoms with van der Waals surface area (Å²) >= 11 is 3.43. The Morgan fingerprint density at radius 1 is 1.33 bits per heavy atom. The van der Waals surface area contributed by atoms with E-state index in [1.807, 2.05) is 31.2 Å². The maximum atomic E-state index is 11.8. The van der Waals surface area contributed by atoms with Crippen molar-refractivity contribution in [1.29, 1.82) is 0 Å². The van der Waals surface area contributed by atoms with Crippen molar-refractivity contribution in [1.82, 2.24) is 5.32 Å². The molecule has 0 bridgehead atoms. The zero-order valence-corrected chi connectivity index (χ0v) is 11.5. The van der Waals surface area contributed by atoms with Crippen LogP contribution in [0, 0.1) is 0 Å². The van der Waals surface area contributed by atoms with Gasteiger partial charge in [-0.3, -0.25) is 0 Å². The first-order valence-corrected chi connectivity index (χ1v) is 6.32. The maximum Gasteiger partial charge on any atom is 0.411 e. The lowest BCUT2D eigenvalue weighted by molar-refractivity contribution is -0.173. The highest BCUT2D eigenvalue weighted by molar-refractivity contribution is 9.10. The molecule has 1 atom stereocenters. The van der Waals surface area contributed by atoms with Crippen LogP contribution in [0.25, 0.3) is 0 Å². The Morgan fingerprint density at radius 2 is 2.00 bits per heavy atom. The molecule has 6 heteroatoms. The predicted octanol–water partition coefficient (Wildman–Crippen LogP) is 3.68. The van der Waals surface area contributed by atoms with E-state index in [1.165, 1.54) is 0 Å². The van der Waals surface area contributed by atoms with E-state index < -0.39 is 12.8 Å². The normalized spacial score (nSPS) is 13.6. The van der Waals surface area contributed by atoms with Crippen molar-refractivity contribution in [3.05, 3.63) is 34.3 Å². The summed E-state index contributed by atoms with van der Waals surface area (Å²) in [4.78, 5) is 0. The van der Waals surface area contributed by atoms with E-state index in [0.717, 1.165) is 10.0 Å². The molecular weight excluding hydrogens is 311 g/mol. The predicted molar refractivity (Wildman–Crippen MR) is 67.4 cm³/mol. The van der Waals surface area contributed by atoms with Crippen LogP contribution in [0.3, 0.4) is 0 Å². The van der Waals surface area contributed by atoms with Gasteiger partial charge in [-0.15, -0.1) is 0 Å². The van der Waals surface area contributed by atoms with Crippen molar-refractivity contribution in [2.24, 2.45) is 0 Å². The molecule has 0 heterocycles. The van der Waals surface area contributed by atoms with Gasteiger partial charge in [0.25, 0.3) is 0 Å². The first-order valence-electron chi connectivity index (χ1n) is 5.52. The molecule has 2 nitrogen and oxygen atoms in total. The summed E-state index contributed by atoms with van der Waals surface area (Å²) < 4.78 is 40.9. The van der Waals surface area contributed by atoms with Crippen LogP contribution in [0.2, 0.25) is 0 Å². The van der Waals surface area contributed by atoms with Crippen molar-refractivity contribution in [2.75, 3.05) is 19.8 Å². The molecule has 1 aromatic carbocycles. The first kappa shape index (κ1) is 15.5. The molecule has 0 aromatic heterocycles. The largest absolute Gasteiger partial charge is 0.411 e. The molecule has 0 saturated heterocycles. The highest BCUT2D eigenvalue weighted by atomic mass is 79.9. The molecule has 102 valence electrons. The second-order valence-corrected chi connectivity index (χ2v) is 4.72. The average molecular weight is 326 g/mol. The van der Waals surface area contributed by atoms with Gasteiger partial charge in [-0.1, -0.05) is 34.1 Å². The Hall–Kier alpha value is -0.590. The number of benzene rings is 1. The third-order valence-electron chi connectivity index (χ3n) is 2.33. The van der Waals surface area contributed by atoms with E-state index in [-0.39, 0.29) is 12.6 Å². The molecule has 0 radical (unpaired) electrons. The molecule has 18 heavy (non-hydrogen) atoms. The zero-order valence-electron chi connectivity index (χ0n) is 9.93. The SMILES string of the molecule is C[C@H](NCCOCC(F)(F)F)c1ccccc1Br. The highest BCUT2D eigenvalue weighted by Gasteiger charge is 2.27. The minimum Gasteiger partial charge on any atom is -0.371 e. The second kappa shape index (κ2) is 7.11. The standard InChI is InChI=1S/C12H15BrF3NO/c1-9(10-4-2-3-5-11(10)13)17-6-7-18-8-12(14,15)16/h2-5,9,17H,6-8H2,1H3/t9-/m0/s1. The summed E-state index contributed by atoms with van der Waals surface area (Å²) in [6.07, 6.45) is -4.26. The quantitative estimate of drug-likeness (QED) is 0.805. The van der Waals surface area contributed by atoms with Gasteiger partial charge >= 0.3 is 6.18 Å². The molecule has 0 saturated carbocycles. The summed E-state index contributed by atoms with van der Waals surface area (Å²) in [5, 5.41) is 3.10. The van der Waals surface area contributed by atoms with Gasteiger partial charge in [-0.25, -0.2) is 0 Å². The molecule has 0 amide bonds. The van der Waals surface area contributed by atoms with E-state index in [1.54, 1.807) is 0 Å². The van der Waals surface area contributed by atoms with Gasteiger partial charge in [0.2, 0.25) is 0 Å². The molecular formula is C12H15BrF3NO. The third-order valence-corrected chi connectivity index (χ3v) is 3.06. The lowest BCUT2D eigenvalue weighted by atomic mass is 10.1. The Labute approximate surface area is 113 Å². The smallest absolute Gasteiger partial charge is 0.371 e. The molecule has 0 aliphatic rings. The number of rotatable bonds is 6. The highest BCUT2D eigenvalue weighted by Crippen LogP contribution is 2.22. The van der Waals surface area contributed by atoms with Crippen molar-refractivity contribution < 1.29 is 17.9 Å². The lowest BCUT2D eigenvalue weighted by Gasteiger charge is -2.16. The lowest BCUT2D eigenvalue weighted by Crippen LogP contribution is -2.26. The van der Waals surface area contributed by atoms with Crippen molar-refractivity contribution in [3.63, 3.8) is 0 Å². The van der Waals surface area contributed by atoms with Gasteiger partial charge in [-0.2, -0.15) is 13.2 Å². The van der Waals surface area contributed by atoms with Crippen molar-refractivity contribution in [3.8, 4) is 0 Å². The minimum atomic E-state index is -4.26. The first-order chi connectivity index (χ1) is 8.40. The molecule has 1 N–H and O–H groups in total. The van der Waals surface area contributed by atoms with Gasteiger partial charge in [-0.05, 0) is 18.6 Å². The summed E-state index contributed by atoms with van der Waals surface area (Å²) in [5.41, 5.74) is 1.06. The van der Waals surface area contributed by atoms with Crippen LogP contribution in [0.5, 0.6) is 0 Å². The van der Waals surface area contributed by atoms with Gasteiger partial charge in [0.15, 0.2) is 0 Å². The van der Waals surface area contributed by atoms with Gasteiger partial charge in [0.1, 0.15) is 6.61 Å². The van der Waals surface area contributed by atoms with Crippen molar-refractivity contribution >= 4 is 15.9 Å². The van der Waals surface area contributed by atoms with Crippen LogP contribution >= 0.6 is 15.9 Å². The van der Waals surface area contributed by atoms with Crippen LogP contribution in [-0.2, 0) is 4.74 Å². The number of hydrogen-bond acceptors (Lipinski definition) is 2. The van der Waals surface area contributed by atoms with Gasteiger partial charge in [0.05, 0.1) is 6.61 Å². The molecule has 0 unspecified atom stereocenters. The molecule has 1 rings (SSSR count). The van der Waals surface area contributed by atoms with Gasteiger partial charge < -0.3 is 10.1 Å². The summed E-state index contributed by atoms with van der Waals surface area (Å²) in [7, 11) is 0. The minimum absolute atomic E-state index is 0.0360. The van der Waals surface area contributed by atoms with E-state index in [2.05, 4.69) is 26.0 Å². The van der Waals surface area contributed by atoms with Crippen molar-refractivity contribution in [2.45, 2.75) is 19.1 Å². The van der Waals surface area contributed by atoms with Crippen LogP contribution in [-0.4, -0.2) is 25.9 Å². The number of halogens is 4. The van der Waals surface area contributed by atoms with Crippen LogP contribution < -0.4 is 5.32 Å². The fourth-order valence-corrected chi connectivity index (χ4v) is 2.10. The van der Waals surface area contributed by atoms with Crippen LogP contribution in [0.15, 0.2) is 28.7 Å². The Balaban J connectivity index is 2.26. The number of ether oxygens (including phenoxy) is 1. The third kappa shape index (κ3) is 5.84. The molecule has 0 aliphatic carbocycles. The average Bonchev–Trinajstić information content (AvgIpc) is 2.27. The number of nitrogens with one attached hydrogen (secondary N) is 1. The van der Waals surface area contributed by atoms with E-state index in [9.17, 15) is 13.2 Å². The molecule has 0 fully saturated rings. The Bertz CT molecular complexity index is 371. The number of alkyl halides is 3. The van der Waals surface area contributed by atoms with Crippen LogP contribution in [0.1, 0.15) is 18.5 Å². The summed E-state index contributed by atoms with van der Waals surface area (Å²) in [5.74, 6) is 0. The zero-order chi connectivity index (χ0) is 13.6. The topological polar surface area (TPSA) is 21.3 Å². The van der Waals surface area contributed by atoms with Gasteiger partial charge in [0, 0.05) is 17.1 Å². The summed E-state index contributed by atoms with van der Waals surface area (Å²) in [6.45, 7) is 1.16. The van der Waals surface area contributed by atoms with Crippen LogP contribution in [0.4, 0.5) is 13.2 Å². The Morgan fingerprint density at radius 3 is 2.61 bits per heavy atom. The number of hydrogen-bond donors (Lipinski definition) is 1. The van der Waals surface area contributed by atoms with E-state index >= 15 is 0 Å². The fraction of sp³-hybridized carbons (Fsp3) is 0.500. The molecule has 0 aliphatic heterocycles. The van der Waals surface area contributed by atoms with E-state index in [0.29, 0.717) is 6.54 Å². The maximum absolute atomic E-state index is 11.8.